The molecule has 0 saturated carbocycles. The molecule has 0 aliphatic carbocycles. The summed E-state index contributed by atoms with van der Waals surface area (Å²) in [6.07, 6.45) is 3.06. The SMILES string of the molecule is CCCCC(=O)N1C(CC(C)C)SCC1C(=O)Nc1ccccc1F. The van der Waals surface area contributed by atoms with Crippen LogP contribution in [0, 0.1) is 11.7 Å². The van der Waals surface area contributed by atoms with Crippen molar-refractivity contribution < 1.29 is 14.0 Å². The number of halogens is 1. The monoisotopic (exact) mass is 366 g/mol. The maximum absolute atomic E-state index is 13.8. The Morgan fingerprint density at radius 1 is 1.36 bits per heavy atom. The molecule has 6 heteroatoms. The number of nitrogens with one attached hydrogen (secondary N) is 1. The minimum atomic E-state index is -0.544. The molecular weight excluding hydrogens is 339 g/mol. The highest BCUT2D eigenvalue weighted by Gasteiger charge is 2.41. The lowest BCUT2D eigenvalue weighted by atomic mass is 10.1. The molecule has 1 saturated heterocycles. The van der Waals surface area contributed by atoms with Crippen LogP contribution in [0.1, 0.15) is 46.5 Å². The highest BCUT2D eigenvalue weighted by molar-refractivity contribution is 8.00. The average molecular weight is 367 g/mol. The van der Waals surface area contributed by atoms with Crippen LogP contribution < -0.4 is 5.32 Å². The number of anilines is 1. The van der Waals surface area contributed by atoms with Gasteiger partial charge in [0.15, 0.2) is 0 Å². The van der Waals surface area contributed by atoms with Crippen molar-refractivity contribution >= 4 is 29.3 Å². The van der Waals surface area contributed by atoms with Gasteiger partial charge in [-0.25, -0.2) is 4.39 Å². The number of carbonyl (C=O) groups is 2. The first kappa shape index (κ1) is 19.8. The summed E-state index contributed by atoms with van der Waals surface area (Å²) < 4.78 is 13.8. The van der Waals surface area contributed by atoms with Crippen molar-refractivity contribution in [1.82, 2.24) is 4.90 Å². The number of carbonyl (C=O) groups excluding carboxylic acids is 2. The highest BCUT2D eigenvalue weighted by atomic mass is 32.2. The molecular formula is C19H27FN2O2S. The zero-order chi connectivity index (χ0) is 18.4. The highest BCUT2D eigenvalue weighted by Crippen LogP contribution is 2.34. The second kappa shape index (κ2) is 9.22. The van der Waals surface area contributed by atoms with E-state index in [4.69, 9.17) is 0 Å². The van der Waals surface area contributed by atoms with E-state index < -0.39 is 11.9 Å². The Morgan fingerprint density at radius 3 is 2.72 bits per heavy atom. The number of hydrogen-bond donors (Lipinski definition) is 1. The van der Waals surface area contributed by atoms with Gasteiger partial charge in [0.25, 0.3) is 0 Å². The topological polar surface area (TPSA) is 49.4 Å². The number of thioether (sulfide) groups is 1. The molecule has 1 fully saturated rings. The van der Waals surface area contributed by atoms with Crippen LogP contribution in [0.3, 0.4) is 0 Å². The van der Waals surface area contributed by atoms with E-state index in [1.54, 1.807) is 28.8 Å². The summed E-state index contributed by atoms with van der Waals surface area (Å²) in [6.45, 7) is 6.27. The summed E-state index contributed by atoms with van der Waals surface area (Å²) in [7, 11) is 0. The Kier molecular flexibility index (Phi) is 7.29. The number of benzene rings is 1. The summed E-state index contributed by atoms with van der Waals surface area (Å²) in [6, 6.07) is 5.55. The van der Waals surface area contributed by atoms with Crippen LogP contribution in [-0.2, 0) is 9.59 Å². The Balaban J connectivity index is 2.14. The minimum absolute atomic E-state index is 0.0146. The molecule has 2 rings (SSSR count). The van der Waals surface area contributed by atoms with Crippen molar-refractivity contribution in [1.29, 1.82) is 0 Å². The summed E-state index contributed by atoms with van der Waals surface area (Å²) >= 11 is 1.64. The van der Waals surface area contributed by atoms with Gasteiger partial charge in [-0.2, -0.15) is 0 Å². The van der Waals surface area contributed by atoms with Crippen LogP contribution in [0.2, 0.25) is 0 Å². The summed E-state index contributed by atoms with van der Waals surface area (Å²) in [4.78, 5) is 27.1. The van der Waals surface area contributed by atoms with Crippen molar-refractivity contribution in [2.24, 2.45) is 5.92 Å². The zero-order valence-electron chi connectivity index (χ0n) is 15.1. The van der Waals surface area contributed by atoms with Gasteiger partial charge >= 0.3 is 0 Å². The fraction of sp³-hybridized carbons (Fsp3) is 0.579. The zero-order valence-corrected chi connectivity index (χ0v) is 15.9. The van der Waals surface area contributed by atoms with E-state index in [-0.39, 0.29) is 22.9 Å². The second-order valence-electron chi connectivity index (χ2n) is 6.81. The van der Waals surface area contributed by atoms with Gasteiger partial charge in [0, 0.05) is 12.2 Å². The maximum atomic E-state index is 13.8. The van der Waals surface area contributed by atoms with Gasteiger partial charge < -0.3 is 10.2 Å². The molecule has 2 amide bonds. The van der Waals surface area contributed by atoms with Crippen molar-refractivity contribution in [3.05, 3.63) is 30.1 Å². The predicted molar refractivity (Wildman–Crippen MR) is 101 cm³/mol. The van der Waals surface area contributed by atoms with Crippen LogP contribution >= 0.6 is 11.8 Å². The van der Waals surface area contributed by atoms with Gasteiger partial charge in [0.05, 0.1) is 11.1 Å². The number of hydrogen-bond acceptors (Lipinski definition) is 3. The molecule has 1 aromatic carbocycles. The first-order valence-electron chi connectivity index (χ1n) is 8.92. The summed E-state index contributed by atoms with van der Waals surface area (Å²) in [5, 5.41) is 2.66. The number of nitrogens with zero attached hydrogens (tertiary/aromatic N) is 1. The molecule has 4 nitrogen and oxygen atoms in total. The fourth-order valence-electron chi connectivity index (χ4n) is 2.92. The molecule has 1 N–H and O–H groups in total. The minimum Gasteiger partial charge on any atom is -0.322 e. The number of rotatable bonds is 7. The number of unbranched alkanes of at least 4 members (excludes halogenated alkanes) is 1. The summed E-state index contributed by atoms with van der Waals surface area (Å²) in [5.41, 5.74) is 0.158. The van der Waals surface area contributed by atoms with Crippen LogP contribution in [0.4, 0.5) is 10.1 Å². The van der Waals surface area contributed by atoms with Gasteiger partial charge in [0.1, 0.15) is 11.9 Å². The standard InChI is InChI=1S/C19H27FN2O2S/c1-4-5-10-17(23)22-16(12-25-18(22)11-13(2)3)19(24)21-15-9-7-6-8-14(15)20/h6-9,13,16,18H,4-5,10-12H2,1-3H3,(H,21,24). The largest absolute Gasteiger partial charge is 0.322 e. The summed E-state index contributed by atoms with van der Waals surface area (Å²) in [5.74, 6) is 0.228. The van der Waals surface area contributed by atoms with E-state index >= 15 is 0 Å². The lowest BCUT2D eigenvalue weighted by Gasteiger charge is -2.30. The quantitative estimate of drug-likeness (QED) is 0.784. The fourth-order valence-corrected chi connectivity index (χ4v) is 4.58. The maximum Gasteiger partial charge on any atom is 0.248 e. The third-order valence-electron chi connectivity index (χ3n) is 4.23. The van der Waals surface area contributed by atoms with Crippen LogP contribution in [-0.4, -0.2) is 33.9 Å². The molecule has 25 heavy (non-hydrogen) atoms. The number of para-hydroxylation sites is 1. The van der Waals surface area contributed by atoms with Crippen molar-refractivity contribution in [2.75, 3.05) is 11.1 Å². The van der Waals surface area contributed by atoms with Gasteiger partial charge in [0.2, 0.25) is 11.8 Å². The first-order chi connectivity index (χ1) is 11.9. The van der Waals surface area contributed by atoms with E-state index in [0.29, 0.717) is 18.1 Å². The van der Waals surface area contributed by atoms with Crippen molar-refractivity contribution in [3.63, 3.8) is 0 Å². The second-order valence-corrected chi connectivity index (χ2v) is 8.02. The predicted octanol–water partition coefficient (Wildman–Crippen LogP) is 4.27. The van der Waals surface area contributed by atoms with E-state index in [2.05, 4.69) is 19.2 Å². The number of amides is 2. The molecule has 0 aromatic heterocycles. The smallest absolute Gasteiger partial charge is 0.248 e. The van der Waals surface area contributed by atoms with E-state index in [0.717, 1.165) is 19.3 Å². The first-order valence-corrected chi connectivity index (χ1v) is 9.97. The molecule has 0 bridgehead atoms. The van der Waals surface area contributed by atoms with Gasteiger partial charge in [-0.05, 0) is 30.9 Å². The molecule has 2 atom stereocenters. The van der Waals surface area contributed by atoms with Gasteiger partial charge in [-0.1, -0.05) is 39.3 Å². The molecule has 138 valence electrons. The normalized spacial score (nSPS) is 20.1. The average Bonchev–Trinajstić information content (AvgIpc) is 2.97. The van der Waals surface area contributed by atoms with Gasteiger partial charge in [-0.3, -0.25) is 9.59 Å². The van der Waals surface area contributed by atoms with E-state index in [9.17, 15) is 14.0 Å². The lowest BCUT2D eigenvalue weighted by Crippen LogP contribution is -2.48. The Morgan fingerprint density at radius 2 is 2.08 bits per heavy atom. The Bertz CT molecular complexity index is 609. The third-order valence-corrected chi connectivity index (χ3v) is 5.54. The Labute approximate surface area is 153 Å². The van der Waals surface area contributed by atoms with Crippen LogP contribution in [0.5, 0.6) is 0 Å². The van der Waals surface area contributed by atoms with Crippen LogP contribution in [0.25, 0.3) is 0 Å². The molecule has 1 heterocycles. The van der Waals surface area contributed by atoms with Crippen molar-refractivity contribution in [3.8, 4) is 0 Å². The van der Waals surface area contributed by atoms with E-state index in [1.807, 2.05) is 6.92 Å². The molecule has 0 radical (unpaired) electrons. The van der Waals surface area contributed by atoms with Gasteiger partial charge in [-0.15, -0.1) is 11.8 Å². The molecule has 1 aromatic rings. The molecule has 2 unspecified atom stereocenters. The Hall–Kier alpha value is -1.56. The lowest BCUT2D eigenvalue weighted by molar-refractivity contribution is -0.138. The molecule has 0 spiro atoms. The third kappa shape index (κ3) is 5.21. The molecule has 1 aliphatic rings. The van der Waals surface area contributed by atoms with Crippen LogP contribution in [0.15, 0.2) is 24.3 Å². The van der Waals surface area contributed by atoms with E-state index in [1.165, 1.54) is 12.1 Å². The van der Waals surface area contributed by atoms with Crippen molar-refractivity contribution in [2.45, 2.75) is 57.9 Å². The molecule has 1 aliphatic heterocycles.